The lowest BCUT2D eigenvalue weighted by Crippen LogP contribution is -2.56. The molecule has 2 fully saturated rings. The van der Waals surface area contributed by atoms with E-state index < -0.39 is 96.2 Å². The Morgan fingerprint density at radius 2 is 0.891 bits per heavy atom. The molecule has 3 unspecified atom stereocenters. The molecule has 2 amide bonds. The second kappa shape index (κ2) is 56.8. The highest BCUT2D eigenvalue weighted by atomic mass is 31.2. The van der Waals surface area contributed by atoms with E-state index in [0.29, 0.717) is 73.0 Å². The van der Waals surface area contributed by atoms with Crippen molar-refractivity contribution >= 4 is 49.0 Å². The lowest BCUT2D eigenvalue weighted by molar-refractivity contribution is -0.121. The Balaban J connectivity index is 0.000000630. The second-order valence-corrected chi connectivity index (χ2v) is 45.4. The Morgan fingerprint density at radius 3 is 1.23 bits per heavy atom. The zero-order chi connectivity index (χ0) is 89.1. The number of aliphatic hydroxyl groups is 1. The van der Waals surface area contributed by atoms with Gasteiger partial charge in [-0.1, -0.05) is 212 Å². The molecule has 0 aromatic carbocycles. The van der Waals surface area contributed by atoms with Gasteiger partial charge in [-0.05, 0) is 142 Å². The fraction of sp³-hybridized carbons (Fsp3) is 0.813. The quantitative estimate of drug-likeness (QED) is 0.0178. The SMILES string of the molecule is C=C(C)C(=O)NCCCCCCCCCCCCCC(=O)CCC(CC)(CC)O[Si](OC[C@H]1O[C@@H](n2cc(C)c(=O)[nH]c2=O)CC1O)(C(C)C)C(C)C.C=C(C)C(=O)NCCCCCCCCCCCCCC(=O)CCC(CC)(CC)O[Si](OC[C@H]1O[C@@H](n2cc(C)c(=O)[nH]c2=O)CC1OP(OCCC#N)N(C(C)C)C(C)C)(C(C)C)C(C)C. The van der Waals surface area contributed by atoms with Gasteiger partial charge in [-0.15, -0.1) is 0 Å². The maximum Gasteiger partial charge on any atom is 0.343 e. The number of aryl methyl sites for hydroxylation is 2. The van der Waals surface area contributed by atoms with Gasteiger partial charge in [0, 0.05) is 98.4 Å². The Bertz CT molecular complexity index is 3580. The summed E-state index contributed by atoms with van der Waals surface area (Å²) in [5.74, 6) is 0.476. The number of nitrogens with zero attached hydrogens (tertiary/aromatic N) is 4. The van der Waals surface area contributed by atoms with Crippen LogP contribution in [-0.2, 0) is 55.4 Å². The van der Waals surface area contributed by atoms with E-state index in [0.717, 1.165) is 96.6 Å². The summed E-state index contributed by atoms with van der Waals surface area (Å²) in [6.07, 6.45) is 31.5. The van der Waals surface area contributed by atoms with Crippen LogP contribution in [0.25, 0.3) is 0 Å². The molecule has 0 bridgehead atoms. The first-order chi connectivity index (χ1) is 56.4. The van der Waals surface area contributed by atoms with Crippen molar-refractivity contribution in [3.05, 3.63) is 89.5 Å². The van der Waals surface area contributed by atoms with Crippen LogP contribution in [0.2, 0.25) is 22.2 Å². The van der Waals surface area contributed by atoms with Crippen molar-refractivity contribution < 1.29 is 60.5 Å². The monoisotopic (exact) mass is 1730 g/mol. The highest BCUT2D eigenvalue weighted by Gasteiger charge is 2.54. The third-order valence-electron chi connectivity index (χ3n) is 24.0. The molecule has 0 saturated carbocycles. The van der Waals surface area contributed by atoms with Crippen molar-refractivity contribution in [1.82, 2.24) is 34.4 Å². The number of carbonyl (C=O) groups is 4. The molecule has 2 aromatic rings. The topological polar surface area (TPSA) is 323 Å². The van der Waals surface area contributed by atoms with E-state index in [1.54, 1.807) is 27.7 Å². The van der Waals surface area contributed by atoms with Crippen LogP contribution < -0.4 is 33.1 Å². The van der Waals surface area contributed by atoms with E-state index in [1.807, 2.05) is 0 Å². The van der Waals surface area contributed by atoms with Crippen molar-refractivity contribution in [1.29, 1.82) is 5.26 Å². The lowest BCUT2D eigenvalue weighted by atomic mass is 9.90. The first-order valence-corrected chi connectivity index (χ1v) is 50.9. The summed E-state index contributed by atoms with van der Waals surface area (Å²) >= 11 is 0. The van der Waals surface area contributed by atoms with Crippen LogP contribution in [0.3, 0.4) is 0 Å². The minimum absolute atomic E-state index is 0.0506. The average molecular weight is 1730 g/mol. The van der Waals surface area contributed by atoms with E-state index in [1.165, 1.54) is 105 Å². The van der Waals surface area contributed by atoms with Crippen LogP contribution in [-0.4, -0.2) is 150 Å². The Labute approximate surface area is 719 Å². The largest absolute Gasteiger partial charge is 0.391 e. The number of rotatable bonds is 64. The summed E-state index contributed by atoms with van der Waals surface area (Å²) in [6, 6.07) is 2.32. The number of carbonyl (C=O) groups excluding carboxylic acids is 4. The molecule has 2 aliphatic heterocycles. The van der Waals surface area contributed by atoms with Crippen molar-refractivity contribution in [2.24, 2.45) is 0 Å². The number of hydrogen-bond donors (Lipinski definition) is 5. The van der Waals surface area contributed by atoms with Gasteiger partial charge in [0.1, 0.15) is 36.2 Å². The Hall–Kier alpha value is -4.93. The second-order valence-electron chi connectivity index (χ2n) is 35.5. The van der Waals surface area contributed by atoms with Gasteiger partial charge in [-0.25, -0.2) is 14.3 Å². The summed E-state index contributed by atoms with van der Waals surface area (Å²) in [7, 11) is -7.64. The zero-order valence-corrected chi connectivity index (χ0v) is 80.4. The van der Waals surface area contributed by atoms with Crippen LogP contribution >= 0.6 is 8.53 Å². The molecule has 4 rings (SSSR count). The third-order valence-corrected chi connectivity index (χ3v) is 35.3. The zero-order valence-electron chi connectivity index (χ0n) is 77.5. The molecule has 7 atom stereocenters. The van der Waals surface area contributed by atoms with Crippen molar-refractivity contribution in [2.45, 2.75) is 446 Å². The highest BCUT2D eigenvalue weighted by Crippen LogP contribution is 2.51. The smallest absolute Gasteiger partial charge is 0.343 e. The van der Waals surface area contributed by atoms with Gasteiger partial charge in [0.15, 0.2) is 0 Å². The number of Topliss-reactive ketones (excluding diaryl/α,β-unsaturated/α-hetero) is 2. The minimum Gasteiger partial charge on any atom is -0.391 e. The summed E-state index contributed by atoms with van der Waals surface area (Å²) < 4.78 is 59.5. The van der Waals surface area contributed by atoms with Gasteiger partial charge in [0.2, 0.25) is 11.8 Å². The van der Waals surface area contributed by atoms with Crippen molar-refractivity contribution in [3.8, 4) is 6.07 Å². The lowest BCUT2D eigenvalue weighted by Gasteiger charge is -2.46. The molecule has 119 heavy (non-hydrogen) atoms. The number of nitriles is 1. The molecule has 28 heteroatoms. The van der Waals surface area contributed by atoms with Gasteiger partial charge in [0.05, 0.1) is 55.7 Å². The number of hydrogen-bond acceptors (Lipinski definition) is 19. The van der Waals surface area contributed by atoms with Gasteiger partial charge in [-0.2, -0.15) is 5.26 Å². The van der Waals surface area contributed by atoms with E-state index in [-0.39, 0.29) is 84.5 Å². The fourth-order valence-electron chi connectivity index (χ4n) is 16.2. The first kappa shape index (κ1) is 108. The normalized spacial score (nSPS) is 17.6. The molecule has 5 N–H and O–H groups in total. The molecule has 0 spiro atoms. The van der Waals surface area contributed by atoms with Crippen LogP contribution in [0.1, 0.15) is 373 Å². The summed E-state index contributed by atoms with van der Waals surface area (Å²) in [4.78, 5) is 104. The van der Waals surface area contributed by atoms with Gasteiger partial charge in [-0.3, -0.25) is 47.9 Å². The maximum atomic E-state index is 13.4. The van der Waals surface area contributed by atoms with E-state index >= 15 is 0 Å². The third kappa shape index (κ3) is 37.0. The number of H-pyrrole nitrogens is 2. The summed E-state index contributed by atoms with van der Waals surface area (Å²) in [5, 5.41) is 26.0. The maximum absolute atomic E-state index is 13.4. The van der Waals surface area contributed by atoms with E-state index in [2.05, 4.69) is 155 Å². The fourth-order valence-corrected chi connectivity index (χ4v) is 26.0. The number of nitrogens with one attached hydrogen (secondary N) is 4. The predicted octanol–water partition coefficient (Wildman–Crippen LogP) is 19.4. The van der Waals surface area contributed by atoms with Crippen molar-refractivity contribution in [2.75, 3.05) is 32.9 Å². The molecular formula is C91H163N8O17PSi2. The van der Waals surface area contributed by atoms with Crippen LogP contribution in [0.5, 0.6) is 0 Å². The molecule has 25 nitrogen and oxygen atoms in total. The summed E-state index contributed by atoms with van der Waals surface area (Å²) in [6.45, 7) is 50.0. The Morgan fingerprint density at radius 1 is 0.555 bits per heavy atom. The number of aromatic amines is 2. The van der Waals surface area contributed by atoms with E-state index in [4.69, 9.17) is 36.2 Å². The van der Waals surface area contributed by atoms with Crippen LogP contribution in [0, 0.1) is 25.2 Å². The first-order valence-electron chi connectivity index (χ1n) is 45.9. The molecule has 0 radical (unpaired) electrons. The number of unbranched alkanes of at least 4 members (excludes halogenated alkanes) is 20. The average Bonchev–Trinajstić information content (AvgIpc) is 1.75. The minimum atomic E-state index is -3.07. The van der Waals surface area contributed by atoms with Gasteiger partial charge >= 0.3 is 28.5 Å². The highest BCUT2D eigenvalue weighted by molar-refractivity contribution is 7.44. The Kier molecular flexibility index (Phi) is 51.7. The van der Waals surface area contributed by atoms with Gasteiger partial charge < -0.3 is 52.0 Å². The van der Waals surface area contributed by atoms with Gasteiger partial charge in [0.25, 0.3) is 19.6 Å². The molecule has 0 aliphatic carbocycles. The predicted molar refractivity (Wildman–Crippen MR) is 483 cm³/mol. The number of amides is 2. The van der Waals surface area contributed by atoms with E-state index in [9.17, 15) is 48.7 Å². The standard InChI is InChI=1S/C50H90N5O9PSi.C41H73N3O8Si/c1-14-50(15-2,30-29-43(56)28-25-23-21-19-17-16-18-20-22-24-26-32-52-47(57)37(3)4)64-66(40(9)10,41(11)12)61-36-45-44(34-46(62-45)54-35-42(13)48(58)53-49(54)59)63-65(60-33-27-31-51)55(38(5)6)39(7)8;1-10-41(11-2,25-24-34(45)23-21-19-17-15-13-12-14-16-18-20-22-26-42-38(47)30(3)4)52-53(31(5)6,32(7)8)50-29-36-35(46)27-37(51-36)44-28-33(9)39(48)43-40(44)49/h35,38-41,44-46H,3,14-30,32-34,36H2,1-2,4-13H3,(H,52,57)(H,53,58,59);28,31-32,35-37,46H,3,10-27,29H2,1-2,4-9H3,(H,42,47)(H,43,48,49)/t44?,45-,46-,65?;35?,36-,37-/m11/s1. The molecule has 2 aliphatic rings. The van der Waals surface area contributed by atoms with Crippen molar-refractivity contribution in [3.63, 3.8) is 0 Å². The molecular weight excluding hydrogens is 1560 g/mol. The number of aliphatic hydroxyl groups excluding tert-OH is 1. The molecule has 4 heterocycles. The molecule has 682 valence electrons. The number of aromatic nitrogens is 4. The number of ether oxygens (including phenoxy) is 2. The summed E-state index contributed by atoms with van der Waals surface area (Å²) in [5.41, 5.74) is -0.838. The van der Waals surface area contributed by atoms with Crippen LogP contribution in [0.15, 0.2) is 55.9 Å². The number of ketones is 2. The molecule has 2 saturated heterocycles. The molecule has 2 aromatic heterocycles. The van der Waals surface area contributed by atoms with Crippen LogP contribution in [0.4, 0.5) is 0 Å².